The van der Waals surface area contributed by atoms with E-state index in [1.54, 1.807) is 0 Å². The Hall–Kier alpha value is -0.780. The molecule has 3 heteroatoms. The fraction of sp³-hybridized carbons (Fsp3) is 0.615. The summed E-state index contributed by atoms with van der Waals surface area (Å²) in [5, 5.41) is 10.1. The Balaban J connectivity index is 2.35. The van der Waals surface area contributed by atoms with Gasteiger partial charge >= 0.3 is 0 Å². The molecule has 1 unspecified atom stereocenters. The van der Waals surface area contributed by atoms with Gasteiger partial charge in [0.15, 0.2) is 5.78 Å². The van der Waals surface area contributed by atoms with Crippen LogP contribution in [0.3, 0.4) is 0 Å². The van der Waals surface area contributed by atoms with Crippen LogP contribution < -0.4 is 0 Å². The van der Waals surface area contributed by atoms with Crippen molar-refractivity contribution in [2.45, 2.75) is 51.0 Å². The predicted molar refractivity (Wildman–Crippen MR) is 65.0 cm³/mol. The number of halogens is 1. The van der Waals surface area contributed by atoms with Crippen LogP contribution in [-0.4, -0.2) is 16.5 Å². The molecule has 16 heavy (non-hydrogen) atoms. The molecule has 0 aromatic carbocycles. The average molecular weight is 241 g/mol. The molecule has 0 bridgehead atoms. The van der Waals surface area contributed by atoms with Gasteiger partial charge in [-0.05, 0) is 12.5 Å². The van der Waals surface area contributed by atoms with Crippen molar-refractivity contribution >= 4 is 17.4 Å². The first-order valence-electron chi connectivity index (χ1n) is 5.67. The molecule has 0 saturated carbocycles. The number of unbranched alkanes of at least 4 members (excludes halogenated alkanes) is 3. The van der Waals surface area contributed by atoms with Crippen LogP contribution in [-0.2, 0) is 4.79 Å². The topological polar surface area (TPSA) is 37.3 Å². The normalized spacial score (nSPS) is 23.9. The summed E-state index contributed by atoms with van der Waals surface area (Å²) in [5.74, 6) is 5.72. The van der Waals surface area contributed by atoms with Gasteiger partial charge in [-0.1, -0.05) is 37.3 Å². The molecule has 1 N–H and O–H groups in total. The molecule has 0 spiro atoms. The smallest absolute Gasteiger partial charge is 0.177 e. The molecule has 0 fully saturated rings. The Morgan fingerprint density at radius 2 is 2.25 bits per heavy atom. The Kier molecular flexibility index (Phi) is 5.05. The molecular formula is C13H17ClO2. The van der Waals surface area contributed by atoms with Crippen LogP contribution in [0.2, 0.25) is 0 Å². The molecule has 0 radical (unpaired) electrons. The largest absolute Gasteiger partial charge is 0.384 e. The highest BCUT2D eigenvalue weighted by molar-refractivity contribution is 6.43. The number of rotatable bonds is 4. The monoisotopic (exact) mass is 240 g/mol. The predicted octanol–water partition coefficient (Wildman–Crippen LogP) is 2.79. The third-order valence-electron chi connectivity index (χ3n) is 2.55. The van der Waals surface area contributed by atoms with Crippen molar-refractivity contribution in [1.82, 2.24) is 0 Å². The molecule has 0 amide bonds. The van der Waals surface area contributed by atoms with E-state index < -0.39 is 5.60 Å². The fourth-order valence-corrected chi connectivity index (χ4v) is 1.88. The van der Waals surface area contributed by atoms with Gasteiger partial charge in [0.1, 0.15) is 5.60 Å². The number of carbonyl (C=O) groups excluding carboxylic acids is 1. The Bertz CT molecular complexity index is 349. The van der Waals surface area contributed by atoms with Crippen LogP contribution >= 0.6 is 11.6 Å². The van der Waals surface area contributed by atoms with Crippen LogP contribution in [0.4, 0.5) is 0 Å². The van der Waals surface area contributed by atoms with E-state index in [1.165, 1.54) is 18.9 Å². The fourth-order valence-electron chi connectivity index (χ4n) is 1.61. The van der Waals surface area contributed by atoms with E-state index in [0.29, 0.717) is 6.42 Å². The van der Waals surface area contributed by atoms with Crippen molar-refractivity contribution in [3.8, 4) is 11.8 Å². The van der Waals surface area contributed by atoms with Crippen LogP contribution in [0.1, 0.15) is 45.4 Å². The second kappa shape index (κ2) is 6.08. The number of Topliss-reactive ketones (excluding diaryl/α,β-unsaturated/α-hetero) is 1. The van der Waals surface area contributed by atoms with Gasteiger partial charge in [0, 0.05) is 19.3 Å². The van der Waals surface area contributed by atoms with Crippen LogP contribution in [0.15, 0.2) is 11.1 Å². The lowest BCUT2D eigenvalue weighted by Crippen LogP contribution is -2.23. The first-order chi connectivity index (χ1) is 7.57. The van der Waals surface area contributed by atoms with E-state index in [-0.39, 0.29) is 17.2 Å². The summed E-state index contributed by atoms with van der Waals surface area (Å²) in [5.41, 5.74) is -1.13. The molecule has 1 aliphatic rings. The lowest BCUT2D eigenvalue weighted by molar-refractivity contribution is -0.116. The standard InChI is InChI=1S/C13H17ClO2/c1-2-3-4-5-6-7-8-13(16)9-11(14)12(15)10-13/h9,16H,2-5,8,10H2,1H3. The van der Waals surface area contributed by atoms with E-state index >= 15 is 0 Å². The quantitative estimate of drug-likeness (QED) is 0.606. The minimum atomic E-state index is -1.13. The maximum Gasteiger partial charge on any atom is 0.177 e. The molecule has 1 atom stereocenters. The van der Waals surface area contributed by atoms with Gasteiger partial charge in [0.25, 0.3) is 0 Å². The Morgan fingerprint density at radius 3 is 2.81 bits per heavy atom. The van der Waals surface area contributed by atoms with Crippen molar-refractivity contribution < 1.29 is 9.90 Å². The van der Waals surface area contributed by atoms with E-state index in [1.807, 2.05) is 0 Å². The minimum Gasteiger partial charge on any atom is -0.384 e. The molecule has 2 nitrogen and oxygen atoms in total. The van der Waals surface area contributed by atoms with Gasteiger partial charge < -0.3 is 5.11 Å². The lowest BCUT2D eigenvalue weighted by atomic mass is 9.99. The Labute approximate surface area is 102 Å². The zero-order valence-corrected chi connectivity index (χ0v) is 10.3. The molecule has 0 aromatic heterocycles. The highest BCUT2D eigenvalue weighted by atomic mass is 35.5. The summed E-state index contributed by atoms with van der Waals surface area (Å²) in [7, 11) is 0. The molecule has 1 rings (SSSR count). The summed E-state index contributed by atoms with van der Waals surface area (Å²) >= 11 is 5.63. The SMILES string of the molecule is CCCCCC#CCC1(O)C=C(Cl)C(=O)C1. The first kappa shape index (κ1) is 13.3. The summed E-state index contributed by atoms with van der Waals surface area (Å²) in [6.07, 6.45) is 6.09. The molecular weight excluding hydrogens is 224 g/mol. The third-order valence-corrected chi connectivity index (χ3v) is 2.87. The zero-order valence-electron chi connectivity index (χ0n) is 9.55. The number of carbonyl (C=O) groups is 1. The van der Waals surface area contributed by atoms with Crippen molar-refractivity contribution in [1.29, 1.82) is 0 Å². The van der Waals surface area contributed by atoms with Gasteiger partial charge in [-0.15, -0.1) is 5.92 Å². The molecule has 0 aromatic rings. The first-order valence-corrected chi connectivity index (χ1v) is 6.05. The van der Waals surface area contributed by atoms with E-state index in [2.05, 4.69) is 18.8 Å². The molecule has 88 valence electrons. The van der Waals surface area contributed by atoms with Gasteiger partial charge in [0.05, 0.1) is 5.03 Å². The molecule has 0 saturated heterocycles. The lowest BCUT2D eigenvalue weighted by Gasteiger charge is -2.14. The van der Waals surface area contributed by atoms with Gasteiger partial charge in [-0.3, -0.25) is 4.79 Å². The van der Waals surface area contributed by atoms with Crippen molar-refractivity contribution in [2.24, 2.45) is 0 Å². The highest BCUT2D eigenvalue weighted by Crippen LogP contribution is 2.29. The van der Waals surface area contributed by atoms with Crippen molar-refractivity contribution in [3.63, 3.8) is 0 Å². The van der Waals surface area contributed by atoms with Crippen molar-refractivity contribution in [2.75, 3.05) is 0 Å². The average Bonchev–Trinajstić information content (AvgIpc) is 2.47. The number of ketones is 1. The summed E-state index contributed by atoms with van der Waals surface area (Å²) in [4.78, 5) is 11.2. The van der Waals surface area contributed by atoms with Crippen molar-refractivity contribution in [3.05, 3.63) is 11.1 Å². The van der Waals surface area contributed by atoms with Gasteiger partial charge in [-0.25, -0.2) is 0 Å². The van der Waals surface area contributed by atoms with Crippen LogP contribution in [0, 0.1) is 11.8 Å². The van der Waals surface area contributed by atoms with E-state index in [0.717, 1.165) is 12.8 Å². The minimum absolute atomic E-state index is 0.0650. The van der Waals surface area contributed by atoms with Gasteiger partial charge in [-0.2, -0.15) is 0 Å². The Morgan fingerprint density at radius 1 is 1.50 bits per heavy atom. The number of aliphatic hydroxyl groups is 1. The van der Waals surface area contributed by atoms with Crippen LogP contribution in [0.5, 0.6) is 0 Å². The maximum absolute atomic E-state index is 11.2. The van der Waals surface area contributed by atoms with E-state index in [9.17, 15) is 9.90 Å². The van der Waals surface area contributed by atoms with Gasteiger partial charge in [0.2, 0.25) is 0 Å². The maximum atomic E-state index is 11.2. The molecule has 0 aliphatic heterocycles. The third kappa shape index (κ3) is 4.00. The summed E-state index contributed by atoms with van der Waals surface area (Å²) < 4.78 is 0. The second-order valence-electron chi connectivity index (χ2n) is 4.18. The number of hydrogen-bond acceptors (Lipinski definition) is 2. The highest BCUT2D eigenvalue weighted by Gasteiger charge is 2.34. The zero-order chi connectivity index (χ0) is 12.0. The second-order valence-corrected chi connectivity index (χ2v) is 4.59. The van der Waals surface area contributed by atoms with Crippen LogP contribution in [0.25, 0.3) is 0 Å². The number of hydrogen-bond donors (Lipinski definition) is 1. The number of allylic oxidation sites excluding steroid dienone is 1. The summed E-state index contributed by atoms with van der Waals surface area (Å²) in [6.45, 7) is 2.15. The molecule has 1 aliphatic carbocycles. The van der Waals surface area contributed by atoms with E-state index in [4.69, 9.17) is 11.6 Å². The molecule has 0 heterocycles. The summed E-state index contributed by atoms with van der Waals surface area (Å²) in [6, 6.07) is 0.